The molecule has 0 unspecified atom stereocenters. The summed E-state index contributed by atoms with van der Waals surface area (Å²) in [7, 11) is -2.61. The molecule has 2 aromatic heterocycles. The fourth-order valence-corrected chi connectivity index (χ4v) is 5.34. The standard InChI is InChI=1S/C22H21ClF3N5O4S/c1-35-19-11-14(6-8-22(24,25)26)16(23)12-18(19)31-17-7-10-30(13-15(17)4-5-21(31)32)36(33,34)29-20-3-2-9-27-28-20/h2-5,9,11-12H,6-8,10,13H2,1H3,(H,28,29). The Hall–Kier alpha value is -3.16. The average Bonchev–Trinajstić information content (AvgIpc) is 2.82. The van der Waals surface area contributed by atoms with Crippen LogP contribution in [0.1, 0.15) is 23.2 Å². The summed E-state index contributed by atoms with van der Waals surface area (Å²) in [5.41, 5.74) is 1.20. The van der Waals surface area contributed by atoms with Crippen LogP contribution in [0, 0.1) is 0 Å². The van der Waals surface area contributed by atoms with Gasteiger partial charge in [0.05, 0.1) is 12.8 Å². The van der Waals surface area contributed by atoms with Gasteiger partial charge in [0.15, 0.2) is 5.82 Å². The number of nitrogens with one attached hydrogen (secondary N) is 1. The Morgan fingerprint density at radius 3 is 2.67 bits per heavy atom. The van der Waals surface area contributed by atoms with Crippen molar-refractivity contribution in [3.05, 3.63) is 74.8 Å². The van der Waals surface area contributed by atoms with E-state index in [-0.39, 0.29) is 53.8 Å². The maximum Gasteiger partial charge on any atom is 0.389 e. The number of methoxy groups -OCH3 is 1. The summed E-state index contributed by atoms with van der Waals surface area (Å²) in [5, 5.41) is 7.44. The lowest BCUT2D eigenvalue weighted by Gasteiger charge is -2.30. The first-order chi connectivity index (χ1) is 17.0. The third-order valence-corrected chi connectivity index (χ3v) is 7.46. The van der Waals surface area contributed by atoms with E-state index in [0.29, 0.717) is 11.3 Å². The minimum Gasteiger partial charge on any atom is -0.495 e. The molecule has 4 rings (SSSR count). The molecule has 36 heavy (non-hydrogen) atoms. The largest absolute Gasteiger partial charge is 0.495 e. The molecule has 1 aromatic carbocycles. The van der Waals surface area contributed by atoms with Crippen molar-refractivity contribution in [3.8, 4) is 11.4 Å². The first kappa shape index (κ1) is 25.9. The lowest BCUT2D eigenvalue weighted by atomic mass is 10.0. The predicted molar refractivity (Wildman–Crippen MR) is 127 cm³/mol. The Morgan fingerprint density at radius 2 is 2.00 bits per heavy atom. The van der Waals surface area contributed by atoms with E-state index in [4.69, 9.17) is 16.3 Å². The van der Waals surface area contributed by atoms with Crippen LogP contribution in [0.25, 0.3) is 5.69 Å². The minimum absolute atomic E-state index is 0.0229. The van der Waals surface area contributed by atoms with Crippen molar-refractivity contribution in [2.75, 3.05) is 18.4 Å². The van der Waals surface area contributed by atoms with Gasteiger partial charge in [-0.05, 0) is 41.8 Å². The van der Waals surface area contributed by atoms with E-state index in [1.807, 2.05) is 0 Å². The number of nitrogens with zero attached hydrogens (tertiary/aromatic N) is 4. The van der Waals surface area contributed by atoms with Crippen molar-refractivity contribution in [2.24, 2.45) is 0 Å². The summed E-state index contributed by atoms with van der Waals surface area (Å²) in [6.45, 7) is 0.0384. The van der Waals surface area contributed by atoms with Gasteiger partial charge in [0.25, 0.3) is 5.56 Å². The molecular weight excluding hydrogens is 523 g/mol. The Labute approximate surface area is 209 Å². The molecule has 192 valence electrons. The first-order valence-electron chi connectivity index (χ1n) is 10.7. The molecule has 3 aromatic rings. The summed E-state index contributed by atoms with van der Waals surface area (Å²) in [6, 6.07) is 8.63. The number of aromatic nitrogens is 3. The number of ether oxygens (including phenoxy) is 1. The van der Waals surface area contributed by atoms with Crippen molar-refractivity contribution in [2.45, 2.75) is 32.0 Å². The third-order valence-electron chi connectivity index (χ3n) is 5.65. The first-order valence-corrected chi connectivity index (χ1v) is 12.5. The monoisotopic (exact) mass is 543 g/mol. The Balaban J connectivity index is 1.68. The van der Waals surface area contributed by atoms with Crippen LogP contribution < -0.4 is 15.0 Å². The molecular formula is C22H21ClF3N5O4S. The lowest BCUT2D eigenvalue weighted by molar-refractivity contribution is -0.133. The molecule has 0 bridgehead atoms. The van der Waals surface area contributed by atoms with Crippen molar-refractivity contribution >= 4 is 27.6 Å². The fourth-order valence-electron chi connectivity index (χ4n) is 3.95. The number of hydrogen-bond acceptors (Lipinski definition) is 6. The highest BCUT2D eigenvalue weighted by molar-refractivity contribution is 7.90. The maximum atomic E-state index is 12.9. The molecule has 0 amide bonds. The zero-order valence-corrected chi connectivity index (χ0v) is 20.5. The van der Waals surface area contributed by atoms with Crippen molar-refractivity contribution < 1.29 is 26.3 Å². The van der Waals surface area contributed by atoms with Gasteiger partial charge in [0, 0.05) is 48.9 Å². The number of pyridine rings is 1. The van der Waals surface area contributed by atoms with Crippen LogP contribution in [-0.4, -0.2) is 47.3 Å². The van der Waals surface area contributed by atoms with Gasteiger partial charge in [-0.25, -0.2) is 0 Å². The molecule has 3 heterocycles. The van der Waals surface area contributed by atoms with E-state index in [0.717, 1.165) is 0 Å². The molecule has 9 nitrogen and oxygen atoms in total. The van der Waals surface area contributed by atoms with Crippen LogP contribution in [-0.2, 0) is 29.6 Å². The number of halogens is 4. The Kier molecular flexibility index (Phi) is 7.25. The van der Waals surface area contributed by atoms with Gasteiger partial charge in [0.1, 0.15) is 5.75 Å². The van der Waals surface area contributed by atoms with Gasteiger partial charge >= 0.3 is 16.4 Å². The van der Waals surface area contributed by atoms with Gasteiger partial charge in [-0.15, -0.1) is 5.10 Å². The van der Waals surface area contributed by atoms with E-state index in [2.05, 4.69) is 14.9 Å². The molecule has 0 fully saturated rings. The van der Waals surface area contributed by atoms with E-state index in [1.165, 1.54) is 46.4 Å². The molecule has 1 N–H and O–H groups in total. The highest BCUT2D eigenvalue weighted by Gasteiger charge is 2.30. The van der Waals surface area contributed by atoms with Crippen molar-refractivity contribution in [1.82, 2.24) is 19.1 Å². The maximum absolute atomic E-state index is 12.9. The molecule has 0 radical (unpaired) electrons. The van der Waals surface area contributed by atoms with Gasteiger partial charge in [-0.3, -0.25) is 14.1 Å². The smallest absolute Gasteiger partial charge is 0.389 e. The highest BCUT2D eigenvalue weighted by Crippen LogP contribution is 2.34. The van der Waals surface area contributed by atoms with Crippen LogP contribution in [0.5, 0.6) is 5.75 Å². The van der Waals surface area contributed by atoms with Gasteiger partial charge in [-0.2, -0.15) is 31.0 Å². The lowest BCUT2D eigenvalue weighted by Crippen LogP contribution is -2.41. The molecule has 0 saturated carbocycles. The molecule has 0 aliphatic carbocycles. The number of rotatable bonds is 7. The molecule has 0 saturated heterocycles. The summed E-state index contributed by atoms with van der Waals surface area (Å²) >= 11 is 6.29. The summed E-state index contributed by atoms with van der Waals surface area (Å²) in [4.78, 5) is 12.9. The average molecular weight is 544 g/mol. The fraction of sp³-hybridized carbons (Fsp3) is 0.318. The molecule has 14 heteroatoms. The van der Waals surface area contributed by atoms with Crippen LogP contribution in [0.3, 0.4) is 0 Å². The quantitative estimate of drug-likeness (QED) is 0.489. The van der Waals surface area contributed by atoms with E-state index in [1.54, 1.807) is 12.1 Å². The minimum atomic E-state index is -4.35. The van der Waals surface area contributed by atoms with Crippen LogP contribution in [0.4, 0.5) is 19.0 Å². The van der Waals surface area contributed by atoms with Gasteiger partial charge in [0.2, 0.25) is 0 Å². The summed E-state index contributed by atoms with van der Waals surface area (Å²) in [6.07, 6.45) is -4.14. The third kappa shape index (κ3) is 5.63. The second kappa shape index (κ2) is 10.1. The van der Waals surface area contributed by atoms with Gasteiger partial charge in [-0.1, -0.05) is 17.7 Å². The normalized spacial score (nSPS) is 14.4. The molecule has 1 aliphatic rings. The van der Waals surface area contributed by atoms with Gasteiger partial charge < -0.3 is 4.74 Å². The van der Waals surface area contributed by atoms with Crippen molar-refractivity contribution in [1.29, 1.82) is 0 Å². The SMILES string of the molecule is COc1cc(CCC(F)(F)F)c(Cl)cc1-n1c2c(ccc1=O)CN(S(=O)(=O)Nc1cccnn1)CC2. The number of benzene rings is 1. The topological polar surface area (TPSA) is 106 Å². The molecule has 0 atom stereocenters. The second-order valence-corrected chi connectivity index (χ2v) is 10.1. The van der Waals surface area contributed by atoms with E-state index in [9.17, 15) is 26.4 Å². The summed E-state index contributed by atoms with van der Waals surface area (Å²) < 4.78 is 74.2. The van der Waals surface area contributed by atoms with Crippen LogP contribution in [0.15, 0.2) is 47.4 Å². The zero-order chi connectivity index (χ0) is 26.1. The summed E-state index contributed by atoms with van der Waals surface area (Å²) in [5.74, 6) is 0.240. The number of anilines is 1. The second-order valence-electron chi connectivity index (χ2n) is 8.01. The number of hydrogen-bond donors (Lipinski definition) is 1. The van der Waals surface area contributed by atoms with Crippen LogP contribution in [0.2, 0.25) is 5.02 Å². The van der Waals surface area contributed by atoms with Crippen LogP contribution >= 0.6 is 11.6 Å². The number of fused-ring (bicyclic) bond motifs is 1. The van der Waals surface area contributed by atoms with E-state index < -0.39 is 28.4 Å². The molecule has 0 spiro atoms. The van der Waals surface area contributed by atoms with Crippen molar-refractivity contribution in [3.63, 3.8) is 0 Å². The highest BCUT2D eigenvalue weighted by atomic mass is 35.5. The predicted octanol–water partition coefficient (Wildman–Crippen LogP) is 3.50. The Morgan fingerprint density at radius 1 is 1.22 bits per heavy atom. The zero-order valence-electron chi connectivity index (χ0n) is 18.9. The number of alkyl halides is 3. The molecule has 1 aliphatic heterocycles. The Bertz CT molecular complexity index is 1430. The van der Waals surface area contributed by atoms with E-state index >= 15 is 0 Å². The number of aryl methyl sites for hydroxylation is 1.